The Kier molecular flexibility index (Phi) is 5.34. The monoisotopic (exact) mass is 312 g/mol. The van der Waals surface area contributed by atoms with Crippen LogP contribution in [0.3, 0.4) is 0 Å². The van der Waals surface area contributed by atoms with Crippen molar-refractivity contribution in [1.82, 2.24) is 10.0 Å². The second kappa shape index (κ2) is 6.66. The first kappa shape index (κ1) is 18.4. The molecule has 1 rings (SSSR count). The molecular weight excluding hydrogens is 292 g/mol. The number of hydrogen-bond acceptors (Lipinski definition) is 6. The lowest BCUT2D eigenvalue weighted by atomic mass is 9.64. The van der Waals surface area contributed by atoms with E-state index >= 15 is 0 Å². The molecule has 0 bridgehead atoms. The molecule has 7 nitrogen and oxygen atoms in total. The summed E-state index contributed by atoms with van der Waals surface area (Å²) in [5.41, 5.74) is -3.65. The van der Waals surface area contributed by atoms with Crippen molar-refractivity contribution in [3.8, 4) is 24.3 Å². The normalized spacial score (nSPS) is 24.0. The molecular formula is C16H20N6O. The highest BCUT2D eigenvalue weighted by Gasteiger charge is 2.69. The van der Waals surface area contributed by atoms with Gasteiger partial charge in [-0.1, -0.05) is 13.8 Å². The van der Waals surface area contributed by atoms with Gasteiger partial charge >= 0.3 is 0 Å². The van der Waals surface area contributed by atoms with Crippen molar-refractivity contribution in [2.24, 2.45) is 16.7 Å². The highest BCUT2D eigenvalue weighted by Crippen LogP contribution is 2.57. The summed E-state index contributed by atoms with van der Waals surface area (Å²) in [5.74, 6) is -0.727. The predicted octanol–water partition coefficient (Wildman–Crippen LogP) is 1.57. The Balaban J connectivity index is 3.57. The van der Waals surface area contributed by atoms with E-state index in [0.717, 1.165) is 0 Å². The molecule has 2 atom stereocenters. The van der Waals surface area contributed by atoms with E-state index in [9.17, 15) is 25.8 Å². The first-order chi connectivity index (χ1) is 10.8. The van der Waals surface area contributed by atoms with E-state index in [0.29, 0.717) is 6.42 Å². The van der Waals surface area contributed by atoms with Gasteiger partial charge in [0, 0.05) is 20.5 Å². The molecule has 0 aromatic heterocycles. The molecule has 23 heavy (non-hydrogen) atoms. The third-order valence-corrected chi connectivity index (χ3v) is 4.59. The second-order valence-corrected chi connectivity index (χ2v) is 6.05. The van der Waals surface area contributed by atoms with Crippen LogP contribution in [0.5, 0.6) is 0 Å². The molecule has 0 radical (unpaired) electrons. The quantitative estimate of drug-likeness (QED) is 0.727. The smallest absolute Gasteiger partial charge is 0.237 e. The van der Waals surface area contributed by atoms with Gasteiger partial charge in [0.2, 0.25) is 5.91 Å². The number of nitrogens with zero attached hydrogens (tertiary/aromatic N) is 6. The van der Waals surface area contributed by atoms with Crippen molar-refractivity contribution >= 4 is 5.91 Å². The molecule has 0 aliphatic heterocycles. The Bertz CT molecular complexity index is 613. The van der Waals surface area contributed by atoms with Crippen LogP contribution < -0.4 is 0 Å². The SMILES string of the molecule is CCCC(=O)N([C@@H]1C[C@@H](C)C(C#N)(C#N)C1(C#N)C#N)N(C)C. The minimum absolute atomic E-state index is 0.226. The summed E-state index contributed by atoms with van der Waals surface area (Å²) in [6, 6.07) is 6.78. The predicted molar refractivity (Wildman–Crippen MR) is 80.3 cm³/mol. The third-order valence-electron chi connectivity index (χ3n) is 4.59. The highest BCUT2D eigenvalue weighted by molar-refractivity contribution is 5.76. The average Bonchev–Trinajstić information content (AvgIpc) is 2.76. The van der Waals surface area contributed by atoms with Crippen LogP contribution in [0.2, 0.25) is 0 Å². The van der Waals surface area contributed by atoms with Crippen LogP contribution in [0.1, 0.15) is 33.1 Å². The molecule has 0 aromatic rings. The Labute approximate surface area is 136 Å². The zero-order valence-corrected chi connectivity index (χ0v) is 13.9. The summed E-state index contributed by atoms with van der Waals surface area (Å²) in [6.45, 7) is 3.54. The maximum absolute atomic E-state index is 12.5. The fourth-order valence-electron chi connectivity index (χ4n) is 3.40. The molecule has 1 saturated carbocycles. The summed E-state index contributed by atoms with van der Waals surface area (Å²) < 4.78 is 0. The van der Waals surface area contributed by atoms with Crippen molar-refractivity contribution in [3.63, 3.8) is 0 Å². The fourth-order valence-corrected chi connectivity index (χ4v) is 3.40. The van der Waals surface area contributed by atoms with Crippen LogP contribution in [0.15, 0.2) is 0 Å². The standard InChI is InChI=1S/C16H20N6O/c1-5-6-14(23)22(21(3)4)13-7-12(2)15(8-17,9-18)16(13,10-19)11-20/h12-13H,5-7H2,1-4H3/t12-,13-/m1/s1. The lowest BCUT2D eigenvalue weighted by Crippen LogP contribution is -2.56. The van der Waals surface area contributed by atoms with Gasteiger partial charge in [-0.15, -0.1) is 0 Å². The summed E-state index contributed by atoms with van der Waals surface area (Å²) in [6.07, 6.45) is 1.14. The largest absolute Gasteiger partial charge is 0.273 e. The molecule has 0 aromatic carbocycles. The minimum Gasteiger partial charge on any atom is -0.273 e. The van der Waals surface area contributed by atoms with E-state index in [1.165, 1.54) is 10.0 Å². The van der Waals surface area contributed by atoms with Gasteiger partial charge < -0.3 is 0 Å². The van der Waals surface area contributed by atoms with Crippen molar-refractivity contribution in [3.05, 3.63) is 0 Å². The molecule has 7 heteroatoms. The Morgan fingerprint density at radius 2 is 1.57 bits per heavy atom. The van der Waals surface area contributed by atoms with Crippen LogP contribution in [-0.2, 0) is 4.79 Å². The maximum atomic E-state index is 12.5. The molecule has 0 unspecified atom stereocenters. The van der Waals surface area contributed by atoms with Gasteiger partial charge in [-0.05, 0) is 18.8 Å². The zero-order chi connectivity index (χ0) is 17.8. The average molecular weight is 312 g/mol. The van der Waals surface area contributed by atoms with Gasteiger partial charge in [0.05, 0.1) is 30.3 Å². The van der Waals surface area contributed by atoms with Gasteiger partial charge in [0.25, 0.3) is 0 Å². The Hall–Kier alpha value is -2.61. The van der Waals surface area contributed by atoms with Gasteiger partial charge in [-0.2, -0.15) is 21.0 Å². The molecule has 1 aliphatic rings. The number of hydrogen-bond donors (Lipinski definition) is 0. The lowest BCUT2D eigenvalue weighted by Gasteiger charge is -2.39. The first-order valence-corrected chi connectivity index (χ1v) is 7.46. The van der Waals surface area contributed by atoms with E-state index in [-0.39, 0.29) is 18.7 Å². The zero-order valence-electron chi connectivity index (χ0n) is 13.9. The van der Waals surface area contributed by atoms with E-state index in [4.69, 9.17) is 0 Å². The van der Waals surface area contributed by atoms with E-state index in [2.05, 4.69) is 0 Å². The van der Waals surface area contributed by atoms with Gasteiger partial charge in [0.1, 0.15) is 0 Å². The number of nitriles is 4. The van der Waals surface area contributed by atoms with Crippen LogP contribution in [0.25, 0.3) is 0 Å². The number of carbonyl (C=O) groups excluding carboxylic acids is 1. The van der Waals surface area contributed by atoms with Crippen LogP contribution in [-0.4, -0.2) is 36.1 Å². The summed E-state index contributed by atoms with van der Waals surface area (Å²) in [4.78, 5) is 12.5. The van der Waals surface area contributed by atoms with Crippen LogP contribution in [0, 0.1) is 62.1 Å². The summed E-state index contributed by atoms with van der Waals surface area (Å²) >= 11 is 0. The van der Waals surface area contributed by atoms with E-state index in [1.54, 1.807) is 21.0 Å². The molecule has 1 fully saturated rings. The van der Waals surface area contributed by atoms with Crippen molar-refractivity contribution in [1.29, 1.82) is 21.0 Å². The first-order valence-electron chi connectivity index (χ1n) is 7.46. The third kappa shape index (κ3) is 2.40. The number of carbonyl (C=O) groups is 1. The topological polar surface area (TPSA) is 119 Å². The number of amides is 1. The highest BCUT2D eigenvalue weighted by atomic mass is 16.2. The number of rotatable bonds is 4. The van der Waals surface area contributed by atoms with Gasteiger partial charge in [0.15, 0.2) is 10.8 Å². The van der Waals surface area contributed by atoms with E-state index in [1.807, 2.05) is 31.2 Å². The van der Waals surface area contributed by atoms with Crippen LogP contribution in [0.4, 0.5) is 0 Å². The van der Waals surface area contributed by atoms with Crippen LogP contribution >= 0.6 is 0 Å². The maximum Gasteiger partial charge on any atom is 0.237 e. The fraction of sp³-hybridized carbons (Fsp3) is 0.688. The van der Waals surface area contributed by atoms with Crippen molar-refractivity contribution in [2.45, 2.75) is 39.2 Å². The van der Waals surface area contributed by atoms with Gasteiger partial charge in [-0.3, -0.25) is 9.80 Å². The van der Waals surface area contributed by atoms with Crippen molar-refractivity contribution in [2.75, 3.05) is 14.1 Å². The lowest BCUT2D eigenvalue weighted by molar-refractivity contribution is -0.153. The second-order valence-electron chi connectivity index (χ2n) is 6.05. The van der Waals surface area contributed by atoms with Gasteiger partial charge in [-0.25, -0.2) is 5.01 Å². The molecule has 120 valence electrons. The summed E-state index contributed by atoms with van der Waals surface area (Å²) in [5, 5.41) is 41.5. The van der Waals surface area contributed by atoms with Crippen molar-refractivity contribution < 1.29 is 4.79 Å². The molecule has 0 saturated heterocycles. The molecule has 0 heterocycles. The Morgan fingerprint density at radius 3 is 1.91 bits per heavy atom. The molecule has 0 spiro atoms. The molecule has 1 amide bonds. The van der Waals surface area contributed by atoms with E-state index < -0.39 is 22.8 Å². The molecule has 1 aliphatic carbocycles. The minimum atomic E-state index is -1.89. The number of hydrazine groups is 1. The molecule has 0 N–H and O–H groups in total. The summed E-state index contributed by atoms with van der Waals surface area (Å²) in [7, 11) is 3.30. The Morgan fingerprint density at radius 1 is 1.09 bits per heavy atom.